The Hall–Kier alpha value is -1.15. The van der Waals surface area contributed by atoms with E-state index in [2.05, 4.69) is 18.6 Å². The number of aliphatic hydroxyl groups excluding tert-OH is 2. The Labute approximate surface area is 212 Å². The van der Waals surface area contributed by atoms with Crippen LogP contribution in [0.2, 0.25) is 0 Å². The number of aliphatic hydroxyl groups is 2. The molecule has 0 heterocycles. The molecule has 4 aliphatic carbocycles. The molecule has 11 atom stereocenters. The second kappa shape index (κ2) is 9.87. The molecule has 0 radical (unpaired) electrons. The number of alkyl halides is 3. The minimum absolute atomic E-state index is 0.0119. The van der Waals surface area contributed by atoms with Crippen LogP contribution in [0.15, 0.2) is 0 Å². The third kappa shape index (κ3) is 4.63. The molecule has 4 fully saturated rings. The number of halogens is 3. The van der Waals surface area contributed by atoms with Crippen LogP contribution in [0.5, 0.6) is 0 Å². The van der Waals surface area contributed by atoms with Gasteiger partial charge in [-0.05, 0) is 98.7 Å². The maximum Gasteiger partial charge on any atom is 0.402 e. The van der Waals surface area contributed by atoms with Crippen molar-refractivity contribution in [2.24, 2.45) is 52.3 Å². The van der Waals surface area contributed by atoms with E-state index in [1.165, 1.54) is 6.92 Å². The van der Waals surface area contributed by atoms with Crippen LogP contribution >= 0.6 is 0 Å². The molecule has 0 aromatic heterocycles. The van der Waals surface area contributed by atoms with Crippen LogP contribution in [0.3, 0.4) is 0 Å². The van der Waals surface area contributed by atoms with Crippen molar-refractivity contribution in [1.82, 2.24) is 0 Å². The molecule has 4 aliphatic rings. The summed E-state index contributed by atoms with van der Waals surface area (Å²) in [5, 5.41) is 21.4. The van der Waals surface area contributed by atoms with Crippen LogP contribution in [0.4, 0.5) is 13.2 Å². The quantitative estimate of drug-likeness (QED) is 0.467. The van der Waals surface area contributed by atoms with E-state index in [-0.39, 0.29) is 35.4 Å². The smallest absolute Gasteiger partial charge is 0.402 e. The molecule has 5 nitrogen and oxygen atoms in total. The minimum Gasteiger partial charge on any atom is -0.466 e. The summed E-state index contributed by atoms with van der Waals surface area (Å²) in [6.07, 6.45) is 0.132. The first-order valence-electron chi connectivity index (χ1n) is 13.9. The van der Waals surface area contributed by atoms with Gasteiger partial charge in [-0.1, -0.05) is 20.8 Å². The Morgan fingerprint density at radius 2 is 1.61 bits per heavy atom. The maximum absolute atomic E-state index is 13.6. The van der Waals surface area contributed by atoms with Gasteiger partial charge < -0.3 is 14.9 Å². The zero-order chi connectivity index (χ0) is 26.6. The minimum atomic E-state index is -4.82. The molecular formula is C28H43F3O5. The first kappa shape index (κ1) is 27.9. The third-order valence-electron chi connectivity index (χ3n) is 11.2. The van der Waals surface area contributed by atoms with Crippen molar-refractivity contribution in [3.63, 3.8) is 0 Å². The van der Waals surface area contributed by atoms with E-state index in [9.17, 15) is 33.0 Å². The lowest BCUT2D eigenvalue weighted by Gasteiger charge is -2.62. The Morgan fingerprint density at radius 3 is 2.25 bits per heavy atom. The lowest BCUT2D eigenvalue weighted by molar-refractivity contribution is -0.199. The number of esters is 1. The molecule has 4 saturated carbocycles. The van der Waals surface area contributed by atoms with Gasteiger partial charge in [0.2, 0.25) is 0 Å². The van der Waals surface area contributed by atoms with Crippen molar-refractivity contribution < 1.29 is 37.7 Å². The molecular weight excluding hydrogens is 473 g/mol. The van der Waals surface area contributed by atoms with Crippen LogP contribution in [-0.2, 0) is 14.3 Å². The van der Waals surface area contributed by atoms with Crippen LogP contribution in [0.1, 0.15) is 85.5 Å². The van der Waals surface area contributed by atoms with Crippen molar-refractivity contribution >= 4 is 11.8 Å². The number of hydrogen-bond acceptors (Lipinski definition) is 5. The third-order valence-corrected chi connectivity index (χ3v) is 11.2. The number of ketones is 1. The van der Waals surface area contributed by atoms with Crippen LogP contribution < -0.4 is 0 Å². The van der Waals surface area contributed by atoms with Gasteiger partial charge in [-0.15, -0.1) is 0 Å². The van der Waals surface area contributed by atoms with E-state index in [0.29, 0.717) is 30.6 Å². The maximum atomic E-state index is 13.6. The summed E-state index contributed by atoms with van der Waals surface area (Å²) >= 11 is 0. The summed E-state index contributed by atoms with van der Waals surface area (Å²) < 4.78 is 45.3. The summed E-state index contributed by atoms with van der Waals surface area (Å²) in [4.78, 5) is 25.1. The summed E-state index contributed by atoms with van der Waals surface area (Å²) in [5.41, 5.74) is -0.188. The molecule has 0 amide bonds. The van der Waals surface area contributed by atoms with Gasteiger partial charge in [0.05, 0.1) is 18.8 Å². The molecule has 4 rings (SSSR count). The second-order valence-corrected chi connectivity index (χ2v) is 12.8. The van der Waals surface area contributed by atoms with Crippen LogP contribution in [0, 0.1) is 52.3 Å². The molecule has 206 valence electrons. The Balaban J connectivity index is 1.51. The predicted octanol–water partition coefficient (Wildman–Crippen LogP) is 5.31. The Kier molecular flexibility index (Phi) is 7.64. The van der Waals surface area contributed by atoms with Gasteiger partial charge in [0.15, 0.2) is 5.92 Å². The molecule has 0 saturated heterocycles. The average Bonchev–Trinajstić information content (AvgIpc) is 3.14. The summed E-state index contributed by atoms with van der Waals surface area (Å²) in [6.45, 7) is 7.52. The highest BCUT2D eigenvalue weighted by atomic mass is 19.4. The predicted molar refractivity (Wildman–Crippen MR) is 128 cm³/mol. The highest BCUT2D eigenvalue weighted by molar-refractivity contribution is 5.86. The molecule has 0 aromatic rings. The van der Waals surface area contributed by atoms with Crippen molar-refractivity contribution in [2.45, 2.75) is 104 Å². The fourth-order valence-electron chi connectivity index (χ4n) is 9.33. The average molecular weight is 517 g/mol. The zero-order valence-corrected chi connectivity index (χ0v) is 22.0. The van der Waals surface area contributed by atoms with E-state index in [1.807, 2.05) is 0 Å². The first-order chi connectivity index (χ1) is 16.7. The normalized spacial score (nSPS) is 44.1. The van der Waals surface area contributed by atoms with Gasteiger partial charge in [-0.3, -0.25) is 9.59 Å². The van der Waals surface area contributed by atoms with Gasteiger partial charge in [-0.2, -0.15) is 13.2 Å². The van der Waals surface area contributed by atoms with Gasteiger partial charge in [0.1, 0.15) is 5.78 Å². The topological polar surface area (TPSA) is 83.8 Å². The lowest BCUT2D eigenvalue weighted by Crippen LogP contribution is -2.58. The molecule has 0 bridgehead atoms. The molecule has 1 unspecified atom stereocenters. The largest absolute Gasteiger partial charge is 0.466 e. The number of carbonyl (C=O) groups is 2. The highest BCUT2D eigenvalue weighted by Crippen LogP contribution is 2.68. The van der Waals surface area contributed by atoms with E-state index in [1.54, 1.807) is 6.92 Å². The fraction of sp³-hybridized carbons (Fsp3) is 0.929. The standard InChI is InChI=1S/C28H43F3O5/c1-5-36-25(35)22(28(29,30)31)14-23(33)15(2)18-6-7-19-17-13-24(34)21-12-16(32)8-10-27(21,4)20(17)9-11-26(18,19)3/h15-22,24,32,34H,5-14H2,1-4H3/t15-,16+,17-,18+,19-,20-,21-,22?,24-,26+,27+/m0/s1. The van der Waals surface area contributed by atoms with Gasteiger partial charge in [0.25, 0.3) is 0 Å². The van der Waals surface area contributed by atoms with Gasteiger partial charge in [0, 0.05) is 12.3 Å². The number of rotatable bonds is 6. The van der Waals surface area contributed by atoms with Gasteiger partial charge in [-0.25, -0.2) is 0 Å². The first-order valence-corrected chi connectivity index (χ1v) is 13.9. The molecule has 36 heavy (non-hydrogen) atoms. The van der Waals surface area contributed by atoms with Crippen molar-refractivity contribution in [1.29, 1.82) is 0 Å². The number of ether oxygens (including phenoxy) is 1. The van der Waals surface area contributed by atoms with Crippen LogP contribution in [0.25, 0.3) is 0 Å². The summed E-state index contributed by atoms with van der Waals surface area (Å²) in [5.74, 6) is -3.72. The summed E-state index contributed by atoms with van der Waals surface area (Å²) in [7, 11) is 0. The van der Waals surface area contributed by atoms with E-state index in [4.69, 9.17) is 0 Å². The molecule has 8 heteroatoms. The van der Waals surface area contributed by atoms with E-state index in [0.717, 1.165) is 38.5 Å². The Morgan fingerprint density at radius 1 is 0.972 bits per heavy atom. The molecule has 0 aromatic carbocycles. The monoisotopic (exact) mass is 516 g/mol. The number of fused-ring (bicyclic) bond motifs is 5. The van der Waals surface area contributed by atoms with Crippen molar-refractivity contribution in [3.8, 4) is 0 Å². The van der Waals surface area contributed by atoms with E-state index < -0.39 is 42.3 Å². The van der Waals surface area contributed by atoms with Crippen molar-refractivity contribution in [3.05, 3.63) is 0 Å². The number of Topliss-reactive ketones (excluding diaryl/α,β-unsaturated/α-hetero) is 1. The highest BCUT2D eigenvalue weighted by Gasteiger charge is 2.63. The number of hydrogen-bond donors (Lipinski definition) is 2. The Bertz CT molecular complexity index is 846. The molecule has 0 aliphatic heterocycles. The lowest BCUT2D eigenvalue weighted by atomic mass is 9.43. The fourth-order valence-corrected chi connectivity index (χ4v) is 9.33. The van der Waals surface area contributed by atoms with Crippen molar-refractivity contribution in [2.75, 3.05) is 6.61 Å². The van der Waals surface area contributed by atoms with Gasteiger partial charge >= 0.3 is 12.1 Å². The summed E-state index contributed by atoms with van der Waals surface area (Å²) in [6, 6.07) is 0. The number of carbonyl (C=O) groups excluding carboxylic acids is 2. The van der Waals surface area contributed by atoms with E-state index >= 15 is 0 Å². The van der Waals surface area contributed by atoms with Crippen LogP contribution in [-0.4, -0.2) is 47.0 Å². The molecule has 0 spiro atoms. The second-order valence-electron chi connectivity index (χ2n) is 12.8. The molecule has 2 N–H and O–H groups in total. The zero-order valence-electron chi connectivity index (χ0n) is 22.0. The SMILES string of the molecule is CCOC(=O)C(CC(=O)[C@@H](C)[C@H]1CC[C@H]2[C@@H]3C[C@H](O)[C@@H]4C[C@H](O)CC[C@]4(C)[C@H]3CC[C@]12C)C(F)(F)F.